The van der Waals surface area contributed by atoms with Crippen LogP contribution < -0.4 is 5.56 Å². The van der Waals surface area contributed by atoms with Crippen molar-refractivity contribution in [2.45, 2.75) is 76.3 Å². The van der Waals surface area contributed by atoms with E-state index in [0.29, 0.717) is 28.6 Å². The molecule has 0 amide bonds. The molecule has 0 N–H and O–H groups in total. The smallest absolute Gasteiger partial charge is 0.393 e. The standard InChI is InChI=1S/C26H34F3NO3S/c1-18(2)25(32)33-15-10-8-6-5-7-9-11-16-34-22-14-12-13-20-19(3)21(17-26(27,28)29)24(31)30(4)23(20)22/h12-14H,1,5-11,15-17H2,2-4H3. The van der Waals surface area contributed by atoms with E-state index in [1.807, 2.05) is 12.1 Å². The number of carbonyl (C=O) groups is 1. The summed E-state index contributed by atoms with van der Waals surface area (Å²) in [7, 11) is 1.55. The van der Waals surface area contributed by atoms with Crippen LogP contribution in [0.1, 0.15) is 63.0 Å². The fraction of sp³-hybridized carbons (Fsp3) is 0.538. The van der Waals surface area contributed by atoms with Gasteiger partial charge in [-0.15, -0.1) is 11.8 Å². The molecule has 0 aliphatic carbocycles. The Kier molecular flexibility index (Phi) is 10.7. The first-order valence-electron chi connectivity index (χ1n) is 11.7. The number of alkyl halides is 3. The lowest BCUT2D eigenvalue weighted by Crippen LogP contribution is -2.27. The van der Waals surface area contributed by atoms with Gasteiger partial charge in [-0.2, -0.15) is 13.2 Å². The average Bonchev–Trinajstić information content (AvgIpc) is 2.77. The van der Waals surface area contributed by atoms with Gasteiger partial charge in [-0.1, -0.05) is 50.8 Å². The maximum absolute atomic E-state index is 13.0. The molecule has 0 saturated carbocycles. The number of benzene rings is 1. The molecule has 0 spiro atoms. The maximum atomic E-state index is 13.0. The number of ether oxygens (including phenoxy) is 1. The number of fused-ring (bicyclic) bond motifs is 1. The molecule has 2 aromatic rings. The van der Waals surface area contributed by atoms with E-state index < -0.39 is 18.2 Å². The Bertz CT molecular complexity index is 1060. The molecule has 4 nitrogen and oxygen atoms in total. The van der Waals surface area contributed by atoms with Crippen molar-refractivity contribution in [3.8, 4) is 0 Å². The number of thioether (sulfide) groups is 1. The number of halogens is 3. The molecular formula is C26H34F3NO3S. The monoisotopic (exact) mass is 497 g/mol. The summed E-state index contributed by atoms with van der Waals surface area (Å²) in [6.45, 7) is 7.23. The van der Waals surface area contributed by atoms with Crippen LogP contribution in [0.5, 0.6) is 0 Å². The second-order valence-corrected chi connectivity index (χ2v) is 9.79. The normalized spacial score (nSPS) is 11.7. The van der Waals surface area contributed by atoms with Gasteiger partial charge in [0.25, 0.3) is 5.56 Å². The van der Waals surface area contributed by atoms with Crippen molar-refractivity contribution in [1.82, 2.24) is 4.57 Å². The largest absolute Gasteiger partial charge is 0.462 e. The van der Waals surface area contributed by atoms with Crippen LogP contribution >= 0.6 is 11.8 Å². The third-order valence-corrected chi connectivity index (χ3v) is 6.89. The van der Waals surface area contributed by atoms with Crippen LogP contribution in [-0.2, 0) is 23.0 Å². The lowest BCUT2D eigenvalue weighted by Gasteiger charge is -2.17. The number of aromatic nitrogens is 1. The average molecular weight is 498 g/mol. The quantitative estimate of drug-likeness (QED) is 0.131. The number of unbranched alkanes of at least 4 members (excludes halogenated alkanes) is 6. The fourth-order valence-electron chi connectivity index (χ4n) is 3.88. The van der Waals surface area contributed by atoms with E-state index in [1.165, 1.54) is 4.57 Å². The number of rotatable bonds is 13. The van der Waals surface area contributed by atoms with Gasteiger partial charge < -0.3 is 9.30 Å². The molecule has 0 atom stereocenters. The molecule has 0 radical (unpaired) electrons. The van der Waals surface area contributed by atoms with Gasteiger partial charge in [-0.25, -0.2) is 4.79 Å². The zero-order valence-corrected chi connectivity index (χ0v) is 21.0. The summed E-state index contributed by atoms with van der Waals surface area (Å²) >= 11 is 1.64. The van der Waals surface area contributed by atoms with Crippen LogP contribution in [0.4, 0.5) is 13.2 Å². The van der Waals surface area contributed by atoms with E-state index in [-0.39, 0.29) is 11.5 Å². The van der Waals surface area contributed by atoms with Gasteiger partial charge in [0, 0.05) is 28.5 Å². The Hall–Kier alpha value is -2.22. The van der Waals surface area contributed by atoms with Gasteiger partial charge in [0.2, 0.25) is 0 Å². The third-order valence-electron chi connectivity index (χ3n) is 5.76. The number of nitrogens with zero attached hydrogens (tertiary/aromatic N) is 1. The number of esters is 1. The molecule has 188 valence electrons. The second kappa shape index (κ2) is 13.0. The van der Waals surface area contributed by atoms with E-state index in [0.717, 1.165) is 55.6 Å². The second-order valence-electron chi connectivity index (χ2n) is 8.65. The topological polar surface area (TPSA) is 48.3 Å². The molecule has 0 aliphatic heterocycles. The van der Waals surface area contributed by atoms with Crippen molar-refractivity contribution in [1.29, 1.82) is 0 Å². The molecule has 0 saturated heterocycles. The highest BCUT2D eigenvalue weighted by Gasteiger charge is 2.31. The van der Waals surface area contributed by atoms with Gasteiger partial charge in [0.1, 0.15) is 0 Å². The molecule has 2 rings (SSSR count). The Labute approximate surface area is 203 Å². The summed E-state index contributed by atoms with van der Waals surface area (Å²) in [6, 6.07) is 5.55. The summed E-state index contributed by atoms with van der Waals surface area (Å²) in [5.41, 5.74) is 0.772. The molecule has 8 heteroatoms. The molecule has 1 aromatic carbocycles. The van der Waals surface area contributed by atoms with Crippen LogP contribution in [-0.4, -0.2) is 29.1 Å². The van der Waals surface area contributed by atoms with Crippen LogP contribution in [0.3, 0.4) is 0 Å². The molecule has 0 bridgehead atoms. The molecule has 0 aliphatic rings. The zero-order chi connectivity index (χ0) is 25.3. The van der Waals surface area contributed by atoms with E-state index in [2.05, 4.69) is 6.58 Å². The van der Waals surface area contributed by atoms with E-state index >= 15 is 0 Å². The SMILES string of the molecule is C=C(C)C(=O)OCCCCCCCCCSc1cccc2c(C)c(CC(F)(F)F)c(=O)n(C)c12. The summed E-state index contributed by atoms with van der Waals surface area (Å²) in [4.78, 5) is 24.9. The highest BCUT2D eigenvalue weighted by Crippen LogP contribution is 2.32. The van der Waals surface area contributed by atoms with Crippen LogP contribution in [0.2, 0.25) is 0 Å². The first-order valence-corrected chi connectivity index (χ1v) is 12.6. The highest BCUT2D eigenvalue weighted by atomic mass is 32.2. The first-order chi connectivity index (χ1) is 16.0. The van der Waals surface area contributed by atoms with E-state index in [1.54, 1.807) is 38.7 Å². The number of hydrogen-bond donors (Lipinski definition) is 0. The van der Waals surface area contributed by atoms with Crippen molar-refractivity contribution in [2.24, 2.45) is 7.05 Å². The van der Waals surface area contributed by atoms with Crippen molar-refractivity contribution in [3.63, 3.8) is 0 Å². The lowest BCUT2D eigenvalue weighted by atomic mass is 10.0. The van der Waals surface area contributed by atoms with Gasteiger partial charge >= 0.3 is 12.1 Å². The van der Waals surface area contributed by atoms with E-state index in [9.17, 15) is 22.8 Å². The summed E-state index contributed by atoms with van der Waals surface area (Å²) in [6.07, 6.45) is 1.72. The molecule has 0 unspecified atom stereocenters. The van der Waals surface area contributed by atoms with Crippen molar-refractivity contribution in [3.05, 3.63) is 51.8 Å². The van der Waals surface area contributed by atoms with Crippen LogP contribution in [0.25, 0.3) is 10.9 Å². The molecular weight excluding hydrogens is 463 g/mol. The Morgan fingerprint density at radius 3 is 2.32 bits per heavy atom. The predicted octanol–water partition coefficient (Wildman–Crippen LogP) is 6.89. The Morgan fingerprint density at radius 1 is 1.09 bits per heavy atom. The Balaban J connectivity index is 1.81. The van der Waals surface area contributed by atoms with Gasteiger partial charge in [0.05, 0.1) is 18.5 Å². The number of aryl methyl sites for hydroxylation is 2. The fourth-order valence-corrected chi connectivity index (χ4v) is 5.01. The number of carbonyl (C=O) groups excluding carboxylic acids is 1. The summed E-state index contributed by atoms with van der Waals surface area (Å²) in [5.74, 6) is 0.550. The Morgan fingerprint density at radius 2 is 1.71 bits per heavy atom. The summed E-state index contributed by atoms with van der Waals surface area (Å²) in [5, 5.41) is 0.695. The van der Waals surface area contributed by atoms with Crippen LogP contribution in [0, 0.1) is 6.92 Å². The van der Waals surface area contributed by atoms with Crippen molar-refractivity contribution >= 4 is 28.6 Å². The third kappa shape index (κ3) is 8.22. The minimum absolute atomic E-state index is 0.182. The van der Waals surface area contributed by atoms with Gasteiger partial charge in [0.15, 0.2) is 0 Å². The highest BCUT2D eigenvalue weighted by molar-refractivity contribution is 7.99. The minimum Gasteiger partial charge on any atom is -0.462 e. The molecule has 0 fully saturated rings. The lowest BCUT2D eigenvalue weighted by molar-refractivity contribution is -0.139. The van der Waals surface area contributed by atoms with Gasteiger partial charge in [-0.3, -0.25) is 4.79 Å². The zero-order valence-electron chi connectivity index (χ0n) is 20.2. The minimum atomic E-state index is -4.42. The molecule has 1 aromatic heterocycles. The van der Waals surface area contributed by atoms with Crippen LogP contribution in [0.15, 0.2) is 40.0 Å². The van der Waals surface area contributed by atoms with Crippen molar-refractivity contribution in [2.75, 3.05) is 12.4 Å². The number of hydrogen-bond acceptors (Lipinski definition) is 4. The van der Waals surface area contributed by atoms with Crippen molar-refractivity contribution < 1.29 is 22.7 Å². The number of pyridine rings is 1. The number of para-hydroxylation sites is 1. The van der Waals surface area contributed by atoms with Gasteiger partial charge in [-0.05, 0) is 44.1 Å². The first kappa shape index (κ1) is 28.0. The molecule has 1 heterocycles. The summed E-state index contributed by atoms with van der Waals surface area (Å²) < 4.78 is 45.3. The molecule has 34 heavy (non-hydrogen) atoms. The van der Waals surface area contributed by atoms with E-state index in [4.69, 9.17) is 4.74 Å². The maximum Gasteiger partial charge on any atom is 0.393 e. The predicted molar refractivity (Wildman–Crippen MR) is 133 cm³/mol.